The highest BCUT2D eigenvalue weighted by molar-refractivity contribution is 5.83. The van der Waals surface area contributed by atoms with Crippen LogP contribution in [0, 0.1) is 0 Å². The largest absolute Gasteiger partial charge is 0.347 e. The van der Waals surface area contributed by atoms with Crippen molar-refractivity contribution >= 4 is 11.8 Å². The average molecular weight is 277 g/mol. The SMILES string of the molecule is CC(=O)NCC(=O)N1CCC(n2cc(C3CC3)nn2)C1. The fourth-order valence-electron chi connectivity index (χ4n) is 2.53. The predicted molar refractivity (Wildman–Crippen MR) is 70.9 cm³/mol. The summed E-state index contributed by atoms with van der Waals surface area (Å²) < 4.78 is 1.89. The van der Waals surface area contributed by atoms with E-state index in [1.807, 2.05) is 10.9 Å². The molecule has 1 unspecified atom stereocenters. The summed E-state index contributed by atoms with van der Waals surface area (Å²) in [5.41, 5.74) is 1.08. The lowest BCUT2D eigenvalue weighted by Gasteiger charge is -2.16. The first-order valence-corrected chi connectivity index (χ1v) is 7.07. The highest BCUT2D eigenvalue weighted by atomic mass is 16.2. The second-order valence-corrected chi connectivity index (χ2v) is 5.59. The van der Waals surface area contributed by atoms with E-state index in [1.54, 1.807) is 4.90 Å². The molecule has 0 spiro atoms. The van der Waals surface area contributed by atoms with Crippen LogP contribution >= 0.6 is 0 Å². The minimum Gasteiger partial charge on any atom is -0.347 e. The van der Waals surface area contributed by atoms with Gasteiger partial charge in [-0.3, -0.25) is 9.59 Å². The Balaban J connectivity index is 1.55. The molecule has 2 fully saturated rings. The van der Waals surface area contributed by atoms with Crippen molar-refractivity contribution in [2.24, 2.45) is 0 Å². The predicted octanol–water partition coefficient (Wildman–Crippen LogP) is 0.0650. The van der Waals surface area contributed by atoms with Crippen LogP contribution in [0.25, 0.3) is 0 Å². The van der Waals surface area contributed by atoms with E-state index in [0.717, 1.165) is 12.1 Å². The van der Waals surface area contributed by atoms with Gasteiger partial charge in [0.2, 0.25) is 11.8 Å². The van der Waals surface area contributed by atoms with Crippen LogP contribution in [0.15, 0.2) is 6.20 Å². The lowest BCUT2D eigenvalue weighted by molar-refractivity contribution is -0.131. The van der Waals surface area contributed by atoms with E-state index in [9.17, 15) is 9.59 Å². The van der Waals surface area contributed by atoms with Crippen LogP contribution in [0.5, 0.6) is 0 Å². The van der Waals surface area contributed by atoms with Crippen LogP contribution in [0.3, 0.4) is 0 Å². The van der Waals surface area contributed by atoms with Crippen LogP contribution in [-0.2, 0) is 9.59 Å². The fourth-order valence-corrected chi connectivity index (χ4v) is 2.53. The Bertz CT molecular complexity index is 523. The van der Waals surface area contributed by atoms with E-state index in [4.69, 9.17) is 0 Å². The van der Waals surface area contributed by atoms with Crippen molar-refractivity contribution in [1.29, 1.82) is 0 Å². The molecule has 2 amide bonds. The van der Waals surface area contributed by atoms with Crippen LogP contribution in [-0.4, -0.2) is 51.3 Å². The van der Waals surface area contributed by atoms with Gasteiger partial charge in [-0.15, -0.1) is 5.10 Å². The summed E-state index contributed by atoms with van der Waals surface area (Å²) in [5.74, 6) is 0.382. The summed E-state index contributed by atoms with van der Waals surface area (Å²) in [6.07, 6.45) is 5.33. The molecule has 1 aromatic heterocycles. The summed E-state index contributed by atoms with van der Waals surface area (Å²) in [6, 6.07) is 0.205. The molecule has 0 bridgehead atoms. The van der Waals surface area contributed by atoms with E-state index in [1.165, 1.54) is 19.8 Å². The molecular formula is C13H19N5O2. The zero-order valence-corrected chi connectivity index (χ0v) is 11.6. The van der Waals surface area contributed by atoms with E-state index < -0.39 is 0 Å². The normalized spacial score (nSPS) is 22.1. The molecule has 1 saturated heterocycles. The molecule has 108 valence electrons. The number of rotatable bonds is 4. The van der Waals surface area contributed by atoms with Gasteiger partial charge in [0.25, 0.3) is 0 Å². The first-order chi connectivity index (χ1) is 9.63. The molecule has 0 aromatic carbocycles. The van der Waals surface area contributed by atoms with E-state index >= 15 is 0 Å². The van der Waals surface area contributed by atoms with E-state index in [-0.39, 0.29) is 24.4 Å². The Morgan fingerprint density at radius 3 is 2.90 bits per heavy atom. The maximum atomic E-state index is 11.9. The maximum absolute atomic E-state index is 11.9. The Morgan fingerprint density at radius 1 is 1.40 bits per heavy atom. The van der Waals surface area contributed by atoms with Gasteiger partial charge in [-0.2, -0.15) is 0 Å². The smallest absolute Gasteiger partial charge is 0.242 e. The summed E-state index contributed by atoms with van der Waals surface area (Å²) in [4.78, 5) is 24.5. The number of nitrogens with zero attached hydrogens (tertiary/aromatic N) is 4. The first-order valence-electron chi connectivity index (χ1n) is 7.07. The first kappa shape index (κ1) is 13.1. The van der Waals surface area contributed by atoms with Crippen LogP contribution < -0.4 is 5.32 Å². The molecule has 3 rings (SSSR count). The van der Waals surface area contributed by atoms with Crippen LogP contribution in [0.4, 0.5) is 0 Å². The number of amides is 2. The van der Waals surface area contributed by atoms with Crippen LogP contribution in [0.1, 0.15) is 43.8 Å². The molecule has 1 aliphatic carbocycles. The van der Waals surface area contributed by atoms with E-state index in [2.05, 4.69) is 15.6 Å². The highest BCUT2D eigenvalue weighted by Crippen LogP contribution is 2.39. The van der Waals surface area contributed by atoms with Gasteiger partial charge in [0.05, 0.1) is 18.3 Å². The maximum Gasteiger partial charge on any atom is 0.242 e. The van der Waals surface area contributed by atoms with Crippen molar-refractivity contribution < 1.29 is 9.59 Å². The number of carbonyl (C=O) groups excluding carboxylic acids is 2. The molecule has 1 aromatic rings. The standard InChI is InChI=1S/C13H19N5O2/c1-9(19)14-6-13(20)17-5-4-11(7-17)18-8-12(15-16-18)10-2-3-10/h8,10-11H,2-7H2,1H3,(H,14,19). The summed E-state index contributed by atoms with van der Waals surface area (Å²) in [5, 5.41) is 10.9. The number of aromatic nitrogens is 3. The monoisotopic (exact) mass is 277 g/mol. The summed E-state index contributed by atoms with van der Waals surface area (Å²) in [6.45, 7) is 2.84. The highest BCUT2D eigenvalue weighted by Gasteiger charge is 2.31. The van der Waals surface area contributed by atoms with Crippen molar-refractivity contribution in [3.05, 3.63) is 11.9 Å². The van der Waals surface area contributed by atoms with Gasteiger partial charge in [0.15, 0.2) is 0 Å². The van der Waals surface area contributed by atoms with Crippen molar-refractivity contribution in [3.63, 3.8) is 0 Å². The molecule has 7 nitrogen and oxygen atoms in total. The van der Waals surface area contributed by atoms with Crippen LogP contribution in [0.2, 0.25) is 0 Å². The molecule has 1 saturated carbocycles. The number of hydrogen-bond acceptors (Lipinski definition) is 4. The molecule has 0 radical (unpaired) electrons. The number of hydrogen-bond donors (Lipinski definition) is 1. The molecule has 1 N–H and O–H groups in total. The molecule has 1 atom stereocenters. The molecule has 2 aliphatic rings. The van der Waals surface area contributed by atoms with Gasteiger partial charge >= 0.3 is 0 Å². The van der Waals surface area contributed by atoms with E-state index in [0.29, 0.717) is 19.0 Å². The topological polar surface area (TPSA) is 80.1 Å². The van der Waals surface area contributed by atoms with Gasteiger partial charge in [0.1, 0.15) is 0 Å². The lowest BCUT2D eigenvalue weighted by atomic mass is 10.2. The third kappa shape index (κ3) is 2.81. The minimum atomic E-state index is -0.181. The van der Waals surface area contributed by atoms with Gasteiger partial charge in [-0.1, -0.05) is 5.21 Å². The quantitative estimate of drug-likeness (QED) is 0.844. The molecule has 1 aliphatic heterocycles. The minimum absolute atomic E-state index is 0.0368. The Kier molecular flexibility index (Phi) is 3.42. The second kappa shape index (κ2) is 5.22. The number of likely N-dealkylation sites (tertiary alicyclic amines) is 1. The molecule has 2 heterocycles. The third-order valence-corrected chi connectivity index (χ3v) is 3.90. The number of carbonyl (C=O) groups is 2. The number of nitrogens with one attached hydrogen (secondary N) is 1. The Labute approximate surface area is 117 Å². The van der Waals surface area contributed by atoms with Gasteiger partial charge < -0.3 is 10.2 Å². The Morgan fingerprint density at radius 2 is 2.20 bits per heavy atom. The zero-order chi connectivity index (χ0) is 14.1. The van der Waals surface area contributed by atoms with Gasteiger partial charge in [-0.05, 0) is 19.3 Å². The van der Waals surface area contributed by atoms with Gasteiger partial charge in [0, 0.05) is 32.1 Å². The third-order valence-electron chi connectivity index (χ3n) is 3.90. The van der Waals surface area contributed by atoms with Gasteiger partial charge in [-0.25, -0.2) is 4.68 Å². The average Bonchev–Trinajstić information content (AvgIpc) is 2.97. The van der Waals surface area contributed by atoms with Crippen molar-refractivity contribution in [1.82, 2.24) is 25.2 Å². The van der Waals surface area contributed by atoms with Crippen molar-refractivity contribution in [3.8, 4) is 0 Å². The summed E-state index contributed by atoms with van der Waals surface area (Å²) in [7, 11) is 0. The Hall–Kier alpha value is -1.92. The van der Waals surface area contributed by atoms with Crippen molar-refractivity contribution in [2.75, 3.05) is 19.6 Å². The fraction of sp³-hybridized carbons (Fsp3) is 0.692. The summed E-state index contributed by atoms with van der Waals surface area (Å²) >= 11 is 0. The van der Waals surface area contributed by atoms with Crippen molar-refractivity contribution in [2.45, 2.75) is 38.1 Å². The molecular weight excluding hydrogens is 258 g/mol. The molecule has 20 heavy (non-hydrogen) atoms. The molecule has 7 heteroatoms. The lowest BCUT2D eigenvalue weighted by Crippen LogP contribution is -2.38. The zero-order valence-electron chi connectivity index (χ0n) is 11.6. The second-order valence-electron chi connectivity index (χ2n) is 5.59.